The van der Waals surface area contributed by atoms with Gasteiger partial charge >= 0.3 is 0 Å². The Morgan fingerprint density at radius 2 is 2.00 bits per heavy atom. The first-order valence-electron chi connectivity index (χ1n) is 5.67. The molecule has 19 heavy (non-hydrogen) atoms. The summed E-state index contributed by atoms with van der Waals surface area (Å²) in [5.74, 6) is 0.298. The first-order valence-corrected chi connectivity index (χ1v) is 5.67. The van der Waals surface area contributed by atoms with Crippen molar-refractivity contribution in [2.45, 2.75) is 6.42 Å². The zero-order valence-electron chi connectivity index (χ0n) is 10.4. The average Bonchev–Trinajstić information content (AvgIpc) is 2.38. The molecule has 1 rings (SSSR count). The molecule has 0 aromatic heterocycles. The molecule has 0 aliphatic rings. The fourth-order valence-corrected chi connectivity index (χ4v) is 1.42. The molecule has 0 atom stereocenters. The summed E-state index contributed by atoms with van der Waals surface area (Å²) < 4.78 is 5.37. The lowest BCUT2D eigenvalue weighted by Crippen LogP contribution is -2.32. The second-order valence-electron chi connectivity index (χ2n) is 3.74. The Morgan fingerprint density at radius 3 is 2.58 bits per heavy atom. The number of amides is 1. The molecular weight excluding hydrogens is 244 g/mol. The lowest BCUT2D eigenvalue weighted by atomic mass is 10.3. The summed E-state index contributed by atoms with van der Waals surface area (Å²) in [4.78, 5) is 12.9. The number of anilines is 1. The van der Waals surface area contributed by atoms with Crippen LogP contribution in [-0.4, -0.2) is 30.5 Å². The predicted octanol–water partition coefficient (Wildman–Crippen LogP) is 0.913. The van der Waals surface area contributed by atoms with E-state index in [-0.39, 0.29) is 32.0 Å². The van der Waals surface area contributed by atoms with Crippen LogP contribution in [0.5, 0.6) is 5.75 Å². The van der Waals surface area contributed by atoms with Crippen LogP contribution in [0.1, 0.15) is 6.42 Å². The molecule has 0 aliphatic carbocycles. The summed E-state index contributed by atoms with van der Waals surface area (Å²) in [5, 5.41) is 17.1. The van der Waals surface area contributed by atoms with Crippen molar-refractivity contribution in [1.82, 2.24) is 4.90 Å². The smallest absolute Gasteiger partial charge is 0.227 e. The number of rotatable bonds is 6. The molecule has 0 radical (unpaired) electrons. The lowest BCUT2D eigenvalue weighted by Gasteiger charge is -2.15. The zero-order valence-corrected chi connectivity index (χ0v) is 10.4. The fourth-order valence-electron chi connectivity index (χ4n) is 1.42. The quantitative estimate of drug-likeness (QED) is 0.603. The molecule has 0 fully saturated rings. The number of carbonyl (C=O) groups excluding carboxylic acids is 1. The Kier molecular flexibility index (Phi) is 5.71. The number of nitrogens with zero attached hydrogens (tertiary/aromatic N) is 3. The standard InChI is InChI=1S/C13H14N4O2/c14-5-7-17(8-6-15)13(18)4-9-19-12-3-1-2-11(16)10-12/h1-3,10H,4,7-9,16H2. The van der Waals surface area contributed by atoms with E-state index in [2.05, 4.69) is 0 Å². The highest BCUT2D eigenvalue weighted by Gasteiger charge is 2.12. The van der Waals surface area contributed by atoms with Crippen LogP contribution < -0.4 is 10.5 Å². The van der Waals surface area contributed by atoms with Gasteiger partial charge in [0.25, 0.3) is 0 Å². The number of nitriles is 2. The van der Waals surface area contributed by atoms with Crippen molar-refractivity contribution < 1.29 is 9.53 Å². The zero-order chi connectivity index (χ0) is 14.1. The summed E-state index contributed by atoms with van der Waals surface area (Å²) >= 11 is 0. The molecule has 1 aromatic carbocycles. The van der Waals surface area contributed by atoms with Gasteiger partial charge in [0.15, 0.2) is 0 Å². The van der Waals surface area contributed by atoms with Crippen molar-refractivity contribution in [2.24, 2.45) is 0 Å². The van der Waals surface area contributed by atoms with Crippen molar-refractivity contribution >= 4 is 11.6 Å². The minimum Gasteiger partial charge on any atom is -0.493 e. The van der Waals surface area contributed by atoms with Gasteiger partial charge in [-0.3, -0.25) is 4.79 Å². The van der Waals surface area contributed by atoms with Crippen LogP contribution >= 0.6 is 0 Å². The molecule has 6 nitrogen and oxygen atoms in total. The van der Waals surface area contributed by atoms with Gasteiger partial charge < -0.3 is 15.4 Å². The summed E-state index contributed by atoms with van der Waals surface area (Å²) in [6, 6.07) is 10.6. The molecule has 0 saturated heterocycles. The molecule has 6 heteroatoms. The number of ether oxygens (including phenoxy) is 1. The molecule has 0 aliphatic heterocycles. The Bertz CT molecular complexity index is 500. The molecule has 1 aromatic rings. The Balaban J connectivity index is 2.42. The maximum atomic E-state index is 11.7. The summed E-state index contributed by atoms with van der Waals surface area (Å²) in [6.45, 7) is -0.00893. The fraction of sp³-hybridized carbons (Fsp3) is 0.308. The van der Waals surface area contributed by atoms with E-state index in [0.717, 1.165) is 0 Å². The van der Waals surface area contributed by atoms with E-state index in [1.807, 2.05) is 12.1 Å². The van der Waals surface area contributed by atoms with Gasteiger partial charge in [-0.15, -0.1) is 0 Å². The van der Waals surface area contributed by atoms with E-state index < -0.39 is 0 Å². The molecule has 98 valence electrons. The van der Waals surface area contributed by atoms with Gasteiger partial charge in [0, 0.05) is 11.8 Å². The Hall–Kier alpha value is -2.73. The van der Waals surface area contributed by atoms with Gasteiger partial charge in [-0.05, 0) is 12.1 Å². The van der Waals surface area contributed by atoms with Gasteiger partial charge in [-0.2, -0.15) is 10.5 Å². The van der Waals surface area contributed by atoms with Crippen molar-refractivity contribution in [1.29, 1.82) is 10.5 Å². The number of carbonyl (C=O) groups is 1. The predicted molar refractivity (Wildman–Crippen MR) is 68.8 cm³/mol. The Morgan fingerprint density at radius 1 is 1.32 bits per heavy atom. The third-order valence-electron chi connectivity index (χ3n) is 2.32. The lowest BCUT2D eigenvalue weighted by molar-refractivity contribution is -0.130. The van der Waals surface area contributed by atoms with Crippen LogP contribution in [0.25, 0.3) is 0 Å². The molecule has 1 amide bonds. The minimum atomic E-state index is -0.285. The van der Waals surface area contributed by atoms with Crippen molar-refractivity contribution in [3.63, 3.8) is 0 Å². The van der Waals surface area contributed by atoms with Gasteiger partial charge in [-0.1, -0.05) is 6.07 Å². The highest BCUT2D eigenvalue weighted by molar-refractivity contribution is 5.76. The van der Waals surface area contributed by atoms with Crippen LogP contribution in [0.15, 0.2) is 24.3 Å². The average molecular weight is 258 g/mol. The summed E-state index contributed by atoms with van der Waals surface area (Å²) in [7, 11) is 0. The van der Waals surface area contributed by atoms with Crippen LogP contribution in [-0.2, 0) is 4.79 Å². The second-order valence-corrected chi connectivity index (χ2v) is 3.74. The monoisotopic (exact) mass is 258 g/mol. The number of hydrogen-bond acceptors (Lipinski definition) is 5. The van der Waals surface area contributed by atoms with Gasteiger partial charge in [-0.25, -0.2) is 0 Å². The molecule has 0 heterocycles. The van der Waals surface area contributed by atoms with Crippen LogP contribution in [0.2, 0.25) is 0 Å². The SMILES string of the molecule is N#CCN(CC#N)C(=O)CCOc1cccc(N)c1. The van der Waals surface area contributed by atoms with Crippen LogP contribution in [0, 0.1) is 22.7 Å². The van der Waals surface area contributed by atoms with E-state index in [1.54, 1.807) is 24.3 Å². The molecule has 0 bridgehead atoms. The van der Waals surface area contributed by atoms with E-state index in [0.29, 0.717) is 11.4 Å². The molecule has 0 unspecified atom stereocenters. The third-order valence-corrected chi connectivity index (χ3v) is 2.32. The Labute approximate surface area is 111 Å². The van der Waals surface area contributed by atoms with Gasteiger partial charge in [0.2, 0.25) is 5.91 Å². The van der Waals surface area contributed by atoms with Crippen molar-refractivity contribution in [2.75, 3.05) is 25.4 Å². The van der Waals surface area contributed by atoms with E-state index >= 15 is 0 Å². The molecule has 2 N–H and O–H groups in total. The minimum absolute atomic E-state index is 0.0926. The largest absolute Gasteiger partial charge is 0.493 e. The highest BCUT2D eigenvalue weighted by atomic mass is 16.5. The van der Waals surface area contributed by atoms with Crippen LogP contribution in [0.4, 0.5) is 5.69 Å². The topological polar surface area (TPSA) is 103 Å². The number of nitrogens with two attached hydrogens (primary N) is 1. The van der Waals surface area contributed by atoms with Crippen molar-refractivity contribution in [3.05, 3.63) is 24.3 Å². The van der Waals surface area contributed by atoms with Crippen LogP contribution in [0.3, 0.4) is 0 Å². The van der Waals surface area contributed by atoms with E-state index in [4.69, 9.17) is 21.0 Å². The first-order chi connectivity index (χ1) is 9.17. The highest BCUT2D eigenvalue weighted by Crippen LogP contribution is 2.14. The molecule has 0 spiro atoms. The summed E-state index contributed by atoms with van der Waals surface area (Å²) in [6.07, 6.45) is 0.109. The normalized spacial score (nSPS) is 9.16. The first kappa shape index (κ1) is 14.3. The molecule has 0 saturated carbocycles. The van der Waals surface area contributed by atoms with Crippen molar-refractivity contribution in [3.8, 4) is 17.9 Å². The summed E-state index contributed by atoms with van der Waals surface area (Å²) in [5.41, 5.74) is 6.17. The number of nitrogen functional groups attached to an aromatic ring is 1. The second kappa shape index (κ2) is 7.57. The van der Waals surface area contributed by atoms with E-state index in [9.17, 15) is 4.79 Å². The van der Waals surface area contributed by atoms with Gasteiger partial charge in [0.1, 0.15) is 18.8 Å². The maximum Gasteiger partial charge on any atom is 0.227 e. The van der Waals surface area contributed by atoms with Gasteiger partial charge in [0.05, 0.1) is 25.2 Å². The molecular formula is C13H14N4O2. The number of benzene rings is 1. The third kappa shape index (κ3) is 4.97. The number of hydrogen-bond donors (Lipinski definition) is 1. The van der Waals surface area contributed by atoms with E-state index in [1.165, 1.54) is 4.90 Å². The maximum absolute atomic E-state index is 11.7.